The van der Waals surface area contributed by atoms with E-state index in [1.54, 1.807) is 20.1 Å². The average Bonchev–Trinajstić information content (AvgIpc) is 2.99. The number of ether oxygens (including phenoxy) is 4. The van der Waals surface area contributed by atoms with Crippen molar-refractivity contribution in [3.05, 3.63) is 47.5 Å². The van der Waals surface area contributed by atoms with Crippen molar-refractivity contribution in [1.82, 2.24) is 0 Å². The fourth-order valence-corrected chi connectivity index (χ4v) is 3.20. The van der Waals surface area contributed by atoms with Gasteiger partial charge in [-0.3, -0.25) is 0 Å². The first-order chi connectivity index (χ1) is 11.1. The maximum atomic E-state index is 10.5. The molecule has 0 saturated heterocycles. The molecule has 2 aliphatic heterocycles. The van der Waals surface area contributed by atoms with Crippen LogP contribution in [-0.4, -0.2) is 24.8 Å². The van der Waals surface area contributed by atoms with Gasteiger partial charge in [-0.25, -0.2) is 0 Å². The molecule has 0 fully saturated rings. The minimum Gasteiger partial charge on any atom is -0.497 e. The van der Waals surface area contributed by atoms with Crippen molar-refractivity contribution in [3.8, 4) is 23.0 Å². The molecule has 0 radical (unpaired) electrons. The molecule has 5 heteroatoms. The molecule has 0 spiro atoms. The van der Waals surface area contributed by atoms with E-state index in [9.17, 15) is 5.11 Å². The third-order valence-corrected chi connectivity index (χ3v) is 4.31. The van der Waals surface area contributed by atoms with E-state index in [1.165, 1.54) is 0 Å². The lowest BCUT2D eigenvalue weighted by molar-refractivity contribution is -0.137. The Kier molecular flexibility index (Phi) is 3.13. The first-order valence-corrected chi connectivity index (χ1v) is 7.55. The molecule has 0 amide bonds. The second-order valence-corrected chi connectivity index (χ2v) is 6.05. The van der Waals surface area contributed by atoms with Crippen LogP contribution < -0.4 is 18.9 Å². The number of hydrogen-bond donors (Lipinski definition) is 1. The van der Waals surface area contributed by atoms with Gasteiger partial charge in [-0.2, -0.15) is 0 Å². The predicted molar refractivity (Wildman–Crippen MR) is 83.3 cm³/mol. The number of aliphatic hydroxyl groups is 1. The molecule has 2 aromatic carbocycles. The Morgan fingerprint density at radius 1 is 1.09 bits per heavy atom. The highest BCUT2D eigenvalue weighted by Crippen LogP contribution is 2.48. The second-order valence-electron chi connectivity index (χ2n) is 6.05. The zero-order valence-corrected chi connectivity index (χ0v) is 13.0. The summed E-state index contributed by atoms with van der Waals surface area (Å²) in [7, 11) is 1.64. The van der Waals surface area contributed by atoms with Gasteiger partial charge in [0, 0.05) is 30.9 Å². The second kappa shape index (κ2) is 5.06. The van der Waals surface area contributed by atoms with E-state index < -0.39 is 5.79 Å². The van der Waals surface area contributed by atoms with Crippen molar-refractivity contribution in [3.63, 3.8) is 0 Å². The van der Waals surface area contributed by atoms with Crippen LogP contribution in [0.5, 0.6) is 23.0 Å². The van der Waals surface area contributed by atoms with Gasteiger partial charge in [0.15, 0.2) is 11.5 Å². The largest absolute Gasteiger partial charge is 0.497 e. The van der Waals surface area contributed by atoms with Crippen molar-refractivity contribution in [2.24, 2.45) is 0 Å². The summed E-state index contributed by atoms with van der Waals surface area (Å²) in [6.07, 6.45) is 0.464. The van der Waals surface area contributed by atoms with Crippen LogP contribution in [-0.2, 0) is 0 Å². The highest BCUT2D eigenvalue weighted by atomic mass is 16.7. The highest BCUT2D eigenvalue weighted by molar-refractivity contribution is 5.56. The molecule has 5 nitrogen and oxygen atoms in total. The molecule has 0 saturated carbocycles. The van der Waals surface area contributed by atoms with Crippen molar-refractivity contribution in [2.45, 2.75) is 25.0 Å². The van der Waals surface area contributed by atoms with Gasteiger partial charge in [0.2, 0.25) is 12.6 Å². The Bertz CT molecular complexity index is 736. The summed E-state index contributed by atoms with van der Waals surface area (Å²) >= 11 is 0. The number of methoxy groups -OCH3 is 1. The van der Waals surface area contributed by atoms with Crippen molar-refractivity contribution >= 4 is 0 Å². The van der Waals surface area contributed by atoms with E-state index in [-0.39, 0.29) is 12.7 Å². The molecule has 1 N–H and O–H groups in total. The summed E-state index contributed by atoms with van der Waals surface area (Å²) in [5.41, 5.74) is 2.08. The van der Waals surface area contributed by atoms with Gasteiger partial charge in [-0.05, 0) is 23.8 Å². The summed E-state index contributed by atoms with van der Waals surface area (Å²) in [4.78, 5) is 0. The SMILES string of the molecule is COc1ccc([C@H]2C[C@](C)(O)Oc3cc4c(cc32)OCO4)cc1. The van der Waals surface area contributed by atoms with Crippen molar-refractivity contribution < 1.29 is 24.1 Å². The zero-order valence-electron chi connectivity index (χ0n) is 13.0. The first kappa shape index (κ1) is 14.2. The Morgan fingerprint density at radius 2 is 1.78 bits per heavy atom. The Labute approximate surface area is 134 Å². The quantitative estimate of drug-likeness (QED) is 0.923. The van der Waals surface area contributed by atoms with Crippen LogP contribution >= 0.6 is 0 Å². The Hall–Kier alpha value is -2.40. The molecule has 120 valence electrons. The maximum absolute atomic E-state index is 10.5. The molecular formula is C18H18O5. The van der Waals surface area contributed by atoms with Crippen LogP contribution in [0.15, 0.2) is 36.4 Å². The fourth-order valence-electron chi connectivity index (χ4n) is 3.20. The molecule has 2 heterocycles. The van der Waals surface area contributed by atoms with Gasteiger partial charge in [0.05, 0.1) is 7.11 Å². The number of rotatable bonds is 2. The molecule has 2 atom stereocenters. The molecule has 23 heavy (non-hydrogen) atoms. The van der Waals surface area contributed by atoms with E-state index >= 15 is 0 Å². The van der Waals surface area contributed by atoms with Crippen LogP contribution in [0.2, 0.25) is 0 Å². The lowest BCUT2D eigenvalue weighted by Gasteiger charge is -2.36. The van der Waals surface area contributed by atoms with E-state index in [1.807, 2.05) is 30.3 Å². The van der Waals surface area contributed by atoms with Gasteiger partial charge in [0.1, 0.15) is 11.5 Å². The monoisotopic (exact) mass is 314 g/mol. The van der Waals surface area contributed by atoms with Crippen molar-refractivity contribution in [2.75, 3.05) is 13.9 Å². The molecule has 0 aromatic heterocycles. The fraction of sp³-hybridized carbons (Fsp3) is 0.333. The van der Waals surface area contributed by atoms with E-state index in [2.05, 4.69) is 0 Å². The van der Waals surface area contributed by atoms with Crippen LogP contribution in [0.4, 0.5) is 0 Å². The van der Waals surface area contributed by atoms with Gasteiger partial charge in [0.25, 0.3) is 0 Å². The minimum atomic E-state index is -1.23. The average molecular weight is 314 g/mol. The molecule has 4 rings (SSSR count). The third-order valence-electron chi connectivity index (χ3n) is 4.31. The van der Waals surface area contributed by atoms with Crippen LogP contribution in [0.25, 0.3) is 0 Å². The van der Waals surface area contributed by atoms with Gasteiger partial charge >= 0.3 is 0 Å². The summed E-state index contributed by atoms with van der Waals surface area (Å²) in [5, 5.41) is 10.5. The van der Waals surface area contributed by atoms with E-state index in [0.29, 0.717) is 23.7 Å². The number of benzene rings is 2. The van der Waals surface area contributed by atoms with Gasteiger partial charge in [-0.1, -0.05) is 12.1 Å². The van der Waals surface area contributed by atoms with Crippen LogP contribution in [0.1, 0.15) is 30.4 Å². The third kappa shape index (κ3) is 2.47. The molecule has 0 bridgehead atoms. The summed E-state index contributed by atoms with van der Waals surface area (Å²) < 4.78 is 21.8. The van der Waals surface area contributed by atoms with E-state index in [4.69, 9.17) is 18.9 Å². The maximum Gasteiger partial charge on any atom is 0.231 e. The standard InChI is InChI=1S/C18H18O5/c1-18(19)9-14(11-3-5-12(20-2)6-4-11)13-7-16-17(22-10-21-16)8-15(13)23-18/h3-8,14,19H,9-10H2,1-2H3/t14-,18-/m1/s1. The normalized spacial score (nSPS) is 24.7. The number of hydrogen-bond acceptors (Lipinski definition) is 5. The van der Waals surface area contributed by atoms with Gasteiger partial charge in [-0.15, -0.1) is 0 Å². The summed E-state index contributed by atoms with van der Waals surface area (Å²) in [5.74, 6) is 1.58. The van der Waals surface area contributed by atoms with Crippen molar-refractivity contribution in [1.29, 1.82) is 0 Å². The molecule has 0 unspecified atom stereocenters. The number of fused-ring (bicyclic) bond motifs is 2. The molecule has 2 aromatic rings. The lowest BCUT2D eigenvalue weighted by Crippen LogP contribution is -2.38. The van der Waals surface area contributed by atoms with E-state index in [0.717, 1.165) is 16.9 Å². The smallest absolute Gasteiger partial charge is 0.231 e. The lowest BCUT2D eigenvalue weighted by atomic mass is 9.83. The van der Waals surface area contributed by atoms with Crippen LogP contribution in [0.3, 0.4) is 0 Å². The molecule has 2 aliphatic rings. The Balaban J connectivity index is 1.80. The highest BCUT2D eigenvalue weighted by Gasteiger charge is 2.38. The summed E-state index contributed by atoms with van der Waals surface area (Å²) in [6.45, 7) is 1.89. The molecule has 0 aliphatic carbocycles. The molecular weight excluding hydrogens is 296 g/mol. The predicted octanol–water partition coefficient (Wildman–Crippen LogP) is 3.05. The minimum absolute atomic E-state index is 0.00848. The first-order valence-electron chi connectivity index (χ1n) is 7.55. The van der Waals surface area contributed by atoms with Gasteiger partial charge < -0.3 is 24.1 Å². The topological polar surface area (TPSA) is 57.2 Å². The zero-order chi connectivity index (χ0) is 16.0. The van der Waals surface area contributed by atoms with Crippen LogP contribution in [0, 0.1) is 0 Å². The Morgan fingerprint density at radius 3 is 2.48 bits per heavy atom. The summed E-state index contributed by atoms with van der Waals surface area (Å²) in [6, 6.07) is 11.6.